The predicted molar refractivity (Wildman–Crippen MR) is 40.0 cm³/mol. The van der Waals surface area contributed by atoms with E-state index in [2.05, 4.69) is 10.4 Å². The maximum absolute atomic E-state index is 9.78. The van der Waals surface area contributed by atoms with Gasteiger partial charge in [-0.3, -0.25) is 4.68 Å². The molecule has 1 fully saturated rings. The maximum atomic E-state index is 9.78. The normalized spacial score (nSPS) is 21.3. The summed E-state index contributed by atoms with van der Waals surface area (Å²) in [5.74, 6) is 0. The Balaban J connectivity index is 2.28. The molecular formula is C7H11N3O. The molecule has 2 heterocycles. The number of aryl methyl sites for hydroxylation is 1. The zero-order valence-electron chi connectivity index (χ0n) is 6.41. The van der Waals surface area contributed by atoms with Crippen LogP contribution in [-0.4, -0.2) is 28.0 Å². The Bertz CT molecular complexity index is 264. The SMILES string of the molecule is Cn1cc(C2(O)CNC2)cn1. The van der Waals surface area contributed by atoms with Crippen LogP contribution in [0, 0.1) is 0 Å². The van der Waals surface area contributed by atoms with Gasteiger partial charge in [0.05, 0.1) is 6.20 Å². The fourth-order valence-corrected chi connectivity index (χ4v) is 1.23. The molecule has 1 aliphatic heterocycles. The largest absolute Gasteiger partial charge is 0.382 e. The first-order chi connectivity index (χ1) is 5.21. The van der Waals surface area contributed by atoms with Gasteiger partial charge in [-0.2, -0.15) is 5.10 Å². The highest BCUT2D eigenvalue weighted by Gasteiger charge is 2.36. The summed E-state index contributed by atoms with van der Waals surface area (Å²) in [5.41, 5.74) is 0.243. The molecule has 0 saturated carbocycles. The van der Waals surface area contributed by atoms with E-state index in [4.69, 9.17) is 0 Å². The first-order valence-electron chi connectivity index (χ1n) is 3.63. The summed E-state index contributed by atoms with van der Waals surface area (Å²) in [6.07, 6.45) is 3.56. The third-order valence-electron chi connectivity index (χ3n) is 2.08. The molecule has 4 nitrogen and oxygen atoms in total. The van der Waals surface area contributed by atoms with Crippen LogP contribution in [0.1, 0.15) is 5.56 Å². The second-order valence-electron chi connectivity index (χ2n) is 3.04. The van der Waals surface area contributed by atoms with Gasteiger partial charge in [0.2, 0.25) is 0 Å². The molecule has 2 N–H and O–H groups in total. The number of nitrogens with one attached hydrogen (secondary N) is 1. The number of rotatable bonds is 1. The highest BCUT2D eigenvalue weighted by Crippen LogP contribution is 2.23. The minimum absolute atomic E-state index is 0.638. The first-order valence-corrected chi connectivity index (χ1v) is 3.63. The van der Waals surface area contributed by atoms with Gasteiger partial charge in [0.1, 0.15) is 5.60 Å². The summed E-state index contributed by atoms with van der Waals surface area (Å²) in [6.45, 7) is 1.28. The van der Waals surface area contributed by atoms with Crippen LogP contribution in [0.3, 0.4) is 0 Å². The summed E-state index contributed by atoms with van der Waals surface area (Å²) in [7, 11) is 1.85. The van der Waals surface area contributed by atoms with Crippen molar-refractivity contribution in [3.63, 3.8) is 0 Å². The molecule has 0 bridgehead atoms. The molecule has 1 aliphatic rings. The minimum atomic E-state index is -0.658. The van der Waals surface area contributed by atoms with Crippen molar-refractivity contribution in [3.8, 4) is 0 Å². The smallest absolute Gasteiger partial charge is 0.117 e. The van der Waals surface area contributed by atoms with Crippen LogP contribution in [0.4, 0.5) is 0 Å². The Labute approximate surface area is 64.8 Å². The Morgan fingerprint density at radius 1 is 1.73 bits per heavy atom. The molecule has 0 unspecified atom stereocenters. The molecule has 0 atom stereocenters. The van der Waals surface area contributed by atoms with Crippen molar-refractivity contribution in [2.24, 2.45) is 7.05 Å². The monoisotopic (exact) mass is 153 g/mol. The van der Waals surface area contributed by atoms with Crippen molar-refractivity contribution >= 4 is 0 Å². The van der Waals surface area contributed by atoms with Crippen molar-refractivity contribution in [2.45, 2.75) is 5.60 Å². The zero-order valence-corrected chi connectivity index (χ0v) is 6.41. The van der Waals surface area contributed by atoms with Crippen molar-refractivity contribution in [3.05, 3.63) is 18.0 Å². The molecular weight excluding hydrogens is 142 g/mol. The van der Waals surface area contributed by atoms with Gasteiger partial charge >= 0.3 is 0 Å². The third-order valence-corrected chi connectivity index (χ3v) is 2.08. The highest BCUT2D eigenvalue weighted by molar-refractivity contribution is 5.20. The third kappa shape index (κ3) is 0.948. The van der Waals surface area contributed by atoms with Gasteiger partial charge in [0.25, 0.3) is 0 Å². The van der Waals surface area contributed by atoms with Gasteiger partial charge in [-0.15, -0.1) is 0 Å². The van der Waals surface area contributed by atoms with Crippen LogP contribution < -0.4 is 5.32 Å². The Morgan fingerprint density at radius 2 is 2.45 bits per heavy atom. The number of hydrogen-bond donors (Lipinski definition) is 2. The van der Waals surface area contributed by atoms with Crippen molar-refractivity contribution in [1.82, 2.24) is 15.1 Å². The van der Waals surface area contributed by atoms with Gasteiger partial charge in [-0.05, 0) is 0 Å². The Hall–Kier alpha value is -0.870. The summed E-state index contributed by atoms with van der Waals surface area (Å²) in [4.78, 5) is 0. The molecule has 4 heteroatoms. The van der Waals surface area contributed by atoms with E-state index in [1.807, 2.05) is 13.2 Å². The van der Waals surface area contributed by atoms with Gasteiger partial charge in [0, 0.05) is 31.9 Å². The van der Waals surface area contributed by atoms with Crippen LogP contribution >= 0.6 is 0 Å². The minimum Gasteiger partial charge on any atom is -0.382 e. The molecule has 60 valence electrons. The van der Waals surface area contributed by atoms with E-state index in [0.717, 1.165) is 5.56 Å². The number of hydrogen-bond acceptors (Lipinski definition) is 3. The average molecular weight is 153 g/mol. The lowest BCUT2D eigenvalue weighted by Gasteiger charge is -2.36. The van der Waals surface area contributed by atoms with Gasteiger partial charge in [0.15, 0.2) is 0 Å². The van der Waals surface area contributed by atoms with Gasteiger partial charge in [-0.1, -0.05) is 0 Å². The van der Waals surface area contributed by atoms with E-state index in [9.17, 15) is 5.11 Å². The number of nitrogens with zero attached hydrogens (tertiary/aromatic N) is 2. The van der Waals surface area contributed by atoms with E-state index < -0.39 is 5.60 Å². The van der Waals surface area contributed by atoms with Crippen LogP contribution in [0.15, 0.2) is 12.4 Å². The molecule has 1 aromatic rings. The second-order valence-corrected chi connectivity index (χ2v) is 3.04. The first kappa shape index (κ1) is 6.82. The Morgan fingerprint density at radius 3 is 2.82 bits per heavy atom. The molecule has 1 aromatic heterocycles. The van der Waals surface area contributed by atoms with E-state index in [-0.39, 0.29) is 0 Å². The molecule has 0 aromatic carbocycles. The zero-order chi connectivity index (χ0) is 7.90. The highest BCUT2D eigenvalue weighted by atomic mass is 16.3. The molecule has 2 rings (SSSR count). The van der Waals surface area contributed by atoms with Crippen molar-refractivity contribution in [2.75, 3.05) is 13.1 Å². The van der Waals surface area contributed by atoms with E-state index in [0.29, 0.717) is 13.1 Å². The van der Waals surface area contributed by atoms with E-state index in [1.165, 1.54) is 0 Å². The molecule has 1 saturated heterocycles. The van der Waals surface area contributed by atoms with Gasteiger partial charge < -0.3 is 10.4 Å². The second kappa shape index (κ2) is 2.06. The lowest BCUT2D eigenvalue weighted by molar-refractivity contribution is -0.0147. The van der Waals surface area contributed by atoms with Crippen molar-refractivity contribution < 1.29 is 5.11 Å². The van der Waals surface area contributed by atoms with Crippen LogP contribution in [0.2, 0.25) is 0 Å². The summed E-state index contributed by atoms with van der Waals surface area (Å²) in [6, 6.07) is 0. The standard InChI is InChI=1S/C7H11N3O/c1-10-3-6(2-9-10)7(11)4-8-5-7/h2-3,8,11H,4-5H2,1H3. The molecule has 0 aliphatic carbocycles. The molecule has 0 spiro atoms. The Kier molecular flexibility index (Phi) is 1.27. The van der Waals surface area contributed by atoms with Crippen LogP contribution in [0.5, 0.6) is 0 Å². The number of aromatic nitrogens is 2. The topological polar surface area (TPSA) is 50.1 Å². The lowest BCUT2D eigenvalue weighted by Crippen LogP contribution is -2.56. The summed E-state index contributed by atoms with van der Waals surface area (Å²) in [5, 5.41) is 16.8. The fourth-order valence-electron chi connectivity index (χ4n) is 1.23. The quantitative estimate of drug-likeness (QED) is 0.556. The van der Waals surface area contributed by atoms with Crippen LogP contribution in [-0.2, 0) is 12.6 Å². The molecule has 0 radical (unpaired) electrons. The predicted octanol–water partition coefficient (Wildman–Crippen LogP) is -0.789. The van der Waals surface area contributed by atoms with E-state index >= 15 is 0 Å². The van der Waals surface area contributed by atoms with Crippen molar-refractivity contribution in [1.29, 1.82) is 0 Å². The lowest BCUT2D eigenvalue weighted by atomic mass is 9.91. The van der Waals surface area contributed by atoms with E-state index in [1.54, 1.807) is 10.9 Å². The fraction of sp³-hybridized carbons (Fsp3) is 0.571. The maximum Gasteiger partial charge on any atom is 0.117 e. The molecule has 0 amide bonds. The number of aliphatic hydroxyl groups is 1. The van der Waals surface area contributed by atoms with Gasteiger partial charge in [-0.25, -0.2) is 0 Å². The summed E-state index contributed by atoms with van der Waals surface area (Å²) >= 11 is 0. The number of β-amino-alcohol motifs (C(OH)–C–C–N with tert-alkyl or cyclic N) is 1. The summed E-state index contributed by atoms with van der Waals surface area (Å²) < 4.78 is 1.70. The van der Waals surface area contributed by atoms with Crippen LogP contribution in [0.25, 0.3) is 0 Å². The molecule has 11 heavy (non-hydrogen) atoms. The average Bonchev–Trinajstić information content (AvgIpc) is 2.31.